The van der Waals surface area contributed by atoms with E-state index in [0.717, 1.165) is 32.2 Å². The number of carbonyl (C=O) groups is 1. The van der Waals surface area contributed by atoms with Crippen LogP contribution >= 0.6 is 0 Å². The van der Waals surface area contributed by atoms with Crippen LogP contribution in [0.5, 0.6) is 5.75 Å². The molecule has 4 rings (SSSR count). The lowest BCUT2D eigenvalue weighted by Gasteiger charge is -2.34. The Labute approximate surface area is 173 Å². The second-order valence-corrected chi connectivity index (χ2v) is 8.76. The van der Waals surface area contributed by atoms with Gasteiger partial charge in [0.25, 0.3) is 0 Å². The van der Waals surface area contributed by atoms with Gasteiger partial charge in [-0.3, -0.25) is 4.90 Å². The number of urea groups is 1. The SMILES string of the molecule is C[C@@H](CC1Cc2ccccc2C1)NC(=O)NC[C@@H]1Cc2ccc(O)cc2CN1C. The molecule has 0 fully saturated rings. The van der Waals surface area contributed by atoms with E-state index in [0.29, 0.717) is 18.2 Å². The smallest absolute Gasteiger partial charge is 0.315 e. The summed E-state index contributed by atoms with van der Waals surface area (Å²) in [7, 11) is 2.07. The van der Waals surface area contributed by atoms with Crippen molar-refractivity contribution in [3.8, 4) is 5.75 Å². The maximum Gasteiger partial charge on any atom is 0.315 e. The lowest BCUT2D eigenvalue weighted by molar-refractivity contribution is 0.202. The van der Waals surface area contributed by atoms with E-state index in [1.54, 1.807) is 6.07 Å². The molecule has 0 radical (unpaired) electrons. The van der Waals surface area contributed by atoms with Gasteiger partial charge in [-0.15, -0.1) is 0 Å². The Hall–Kier alpha value is -2.53. The summed E-state index contributed by atoms with van der Waals surface area (Å²) in [5, 5.41) is 15.8. The molecule has 1 heterocycles. The number of hydrogen-bond acceptors (Lipinski definition) is 3. The lowest BCUT2D eigenvalue weighted by atomic mass is 9.94. The lowest BCUT2D eigenvalue weighted by Crippen LogP contribution is -2.49. The van der Waals surface area contributed by atoms with Crippen molar-refractivity contribution in [2.75, 3.05) is 13.6 Å². The van der Waals surface area contributed by atoms with Gasteiger partial charge in [-0.1, -0.05) is 30.3 Å². The first-order valence-electron chi connectivity index (χ1n) is 10.6. The molecule has 3 N–H and O–H groups in total. The Morgan fingerprint density at radius 1 is 1.10 bits per heavy atom. The molecular weight excluding hydrogens is 362 g/mol. The second-order valence-electron chi connectivity index (χ2n) is 8.76. The van der Waals surface area contributed by atoms with Crippen molar-refractivity contribution in [3.05, 3.63) is 64.7 Å². The van der Waals surface area contributed by atoms with Crippen LogP contribution in [-0.4, -0.2) is 41.7 Å². The number of phenols is 1. The summed E-state index contributed by atoms with van der Waals surface area (Å²) in [5.41, 5.74) is 5.34. The molecule has 0 saturated heterocycles. The molecule has 2 aliphatic rings. The van der Waals surface area contributed by atoms with Crippen molar-refractivity contribution < 1.29 is 9.90 Å². The fourth-order valence-corrected chi connectivity index (χ4v) is 4.86. The van der Waals surface area contributed by atoms with Crippen LogP contribution in [-0.2, 0) is 25.8 Å². The fourth-order valence-electron chi connectivity index (χ4n) is 4.86. The number of benzene rings is 2. The molecule has 29 heavy (non-hydrogen) atoms. The zero-order chi connectivity index (χ0) is 20.4. The molecule has 5 nitrogen and oxygen atoms in total. The predicted octanol–water partition coefficient (Wildman–Crippen LogP) is 3.24. The largest absolute Gasteiger partial charge is 0.508 e. The summed E-state index contributed by atoms with van der Waals surface area (Å²) in [6.07, 6.45) is 4.11. The summed E-state index contributed by atoms with van der Waals surface area (Å²) >= 11 is 0. The zero-order valence-corrected chi connectivity index (χ0v) is 17.3. The fraction of sp³-hybridized carbons (Fsp3) is 0.458. The minimum atomic E-state index is -0.0853. The average Bonchev–Trinajstić information content (AvgIpc) is 3.08. The number of nitrogens with zero attached hydrogens (tertiary/aromatic N) is 1. The molecule has 0 aromatic heterocycles. The molecule has 2 amide bonds. The Morgan fingerprint density at radius 2 is 1.79 bits per heavy atom. The quantitative estimate of drug-likeness (QED) is 0.731. The van der Waals surface area contributed by atoms with E-state index in [1.165, 1.54) is 22.3 Å². The minimum absolute atomic E-state index is 0.0853. The van der Waals surface area contributed by atoms with Gasteiger partial charge in [0, 0.05) is 25.2 Å². The second kappa shape index (κ2) is 8.46. The van der Waals surface area contributed by atoms with Gasteiger partial charge >= 0.3 is 6.03 Å². The molecule has 2 aromatic carbocycles. The van der Waals surface area contributed by atoms with Gasteiger partial charge in [-0.25, -0.2) is 4.79 Å². The zero-order valence-electron chi connectivity index (χ0n) is 17.3. The van der Waals surface area contributed by atoms with Crippen LogP contribution in [0.4, 0.5) is 4.79 Å². The van der Waals surface area contributed by atoms with Gasteiger partial charge in [0.15, 0.2) is 0 Å². The molecule has 2 aromatic rings. The molecule has 2 atom stereocenters. The summed E-state index contributed by atoms with van der Waals surface area (Å²) in [6, 6.07) is 14.6. The van der Waals surface area contributed by atoms with Crippen LogP contribution in [0.3, 0.4) is 0 Å². The van der Waals surface area contributed by atoms with Gasteiger partial charge in [-0.05, 0) is 80.0 Å². The number of nitrogens with one attached hydrogen (secondary N) is 2. The van der Waals surface area contributed by atoms with Crippen molar-refractivity contribution in [3.63, 3.8) is 0 Å². The monoisotopic (exact) mass is 393 g/mol. The van der Waals surface area contributed by atoms with E-state index in [9.17, 15) is 9.90 Å². The Kier molecular flexibility index (Phi) is 5.76. The van der Waals surface area contributed by atoms with Crippen LogP contribution in [0, 0.1) is 5.92 Å². The number of phenolic OH excluding ortho intramolecular Hbond substituents is 1. The van der Waals surface area contributed by atoms with Crippen molar-refractivity contribution in [2.24, 2.45) is 5.92 Å². The van der Waals surface area contributed by atoms with Gasteiger partial charge in [0.2, 0.25) is 0 Å². The molecule has 0 spiro atoms. The van der Waals surface area contributed by atoms with E-state index < -0.39 is 0 Å². The molecule has 1 aliphatic heterocycles. The summed E-state index contributed by atoms with van der Waals surface area (Å²) in [5.74, 6) is 0.924. The third-order valence-corrected chi connectivity index (χ3v) is 6.39. The molecule has 0 unspecified atom stereocenters. The topological polar surface area (TPSA) is 64.6 Å². The number of amides is 2. The number of fused-ring (bicyclic) bond motifs is 2. The third-order valence-electron chi connectivity index (χ3n) is 6.39. The van der Waals surface area contributed by atoms with Crippen LogP contribution in [0.1, 0.15) is 35.6 Å². The number of aromatic hydroxyl groups is 1. The Morgan fingerprint density at radius 3 is 2.52 bits per heavy atom. The molecule has 5 heteroatoms. The molecular formula is C24H31N3O2. The first kappa shape index (κ1) is 19.8. The van der Waals surface area contributed by atoms with Gasteiger partial charge < -0.3 is 15.7 Å². The molecule has 1 aliphatic carbocycles. The third kappa shape index (κ3) is 4.73. The first-order valence-corrected chi connectivity index (χ1v) is 10.6. The number of hydrogen-bond donors (Lipinski definition) is 3. The summed E-state index contributed by atoms with van der Waals surface area (Å²) < 4.78 is 0. The van der Waals surface area contributed by atoms with E-state index in [4.69, 9.17) is 0 Å². The van der Waals surface area contributed by atoms with Gasteiger partial charge in [0.05, 0.1) is 0 Å². The highest BCUT2D eigenvalue weighted by atomic mass is 16.3. The van der Waals surface area contributed by atoms with Crippen molar-refractivity contribution in [2.45, 2.75) is 51.2 Å². The van der Waals surface area contributed by atoms with E-state index in [1.807, 2.05) is 12.1 Å². The van der Waals surface area contributed by atoms with Crippen molar-refractivity contribution in [1.82, 2.24) is 15.5 Å². The molecule has 154 valence electrons. The summed E-state index contributed by atoms with van der Waals surface area (Å²) in [6.45, 7) is 3.50. The highest BCUT2D eigenvalue weighted by molar-refractivity contribution is 5.74. The first-order chi connectivity index (χ1) is 14.0. The van der Waals surface area contributed by atoms with Crippen LogP contribution in [0.15, 0.2) is 42.5 Å². The van der Waals surface area contributed by atoms with Crippen LogP contribution in [0.2, 0.25) is 0 Å². The van der Waals surface area contributed by atoms with E-state index in [2.05, 4.69) is 53.8 Å². The van der Waals surface area contributed by atoms with Crippen LogP contribution in [0.25, 0.3) is 0 Å². The van der Waals surface area contributed by atoms with Crippen molar-refractivity contribution >= 4 is 6.03 Å². The Balaban J connectivity index is 1.22. The maximum atomic E-state index is 12.4. The normalized spacial score (nSPS) is 20.0. The average molecular weight is 394 g/mol. The molecule has 0 saturated carbocycles. The highest BCUT2D eigenvalue weighted by Crippen LogP contribution is 2.29. The standard InChI is InChI=1S/C24H31N3O2/c1-16(9-17-10-18-5-3-4-6-19(18)11-17)26-24(29)25-14-22-12-20-7-8-23(28)13-21(20)15-27(22)2/h3-8,13,16-17,22,28H,9-12,14-15H2,1-2H3,(H2,25,26,29)/t16-,22-/m0/s1. The van der Waals surface area contributed by atoms with Gasteiger partial charge in [0.1, 0.15) is 5.75 Å². The number of rotatable bonds is 5. The highest BCUT2D eigenvalue weighted by Gasteiger charge is 2.25. The Bertz CT molecular complexity index is 857. The predicted molar refractivity (Wildman–Crippen MR) is 115 cm³/mol. The molecule has 0 bridgehead atoms. The van der Waals surface area contributed by atoms with Crippen molar-refractivity contribution in [1.29, 1.82) is 0 Å². The maximum absolute atomic E-state index is 12.4. The van der Waals surface area contributed by atoms with E-state index >= 15 is 0 Å². The summed E-state index contributed by atoms with van der Waals surface area (Å²) in [4.78, 5) is 14.6. The number of carbonyl (C=O) groups excluding carboxylic acids is 1. The number of likely N-dealkylation sites (N-methyl/N-ethyl adjacent to an activating group) is 1. The minimum Gasteiger partial charge on any atom is -0.508 e. The van der Waals surface area contributed by atoms with E-state index in [-0.39, 0.29) is 18.1 Å². The van der Waals surface area contributed by atoms with Gasteiger partial charge in [-0.2, -0.15) is 0 Å². The van der Waals surface area contributed by atoms with Crippen LogP contribution < -0.4 is 10.6 Å².